The van der Waals surface area contributed by atoms with E-state index in [1.807, 2.05) is 13.0 Å². The molecule has 2 N–H and O–H groups in total. The first kappa shape index (κ1) is 19.6. The number of aliphatic hydroxyl groups excluding tert-OH is 1. The number of carbonyl (C=O) groups is 1. The van der Waals surface area contributed by atoms with Crippen LogP contribution >= 0.6 is 0 Å². The molecule has 0 unspecified atom stereocenters. The number of methoxy groups -OCH3 is 1. The van der Waals surface area contributed by atoms with Crippen molar-refractivity contribution in [3.63, 3.8) is 0 Å². The lowest BCUT2D eigenvalue weighted by molar-refractivity contribution is -0.116. The zero-order chi connectivity index (χ0) is 20.3. The summed E-state index contributed by atoms with van der Waals surface area (Å²) < 4.78 is 10.6. The normalized spacial score (nSPS) is 12.0. The Morgan fingerprint density at radius 1 is 1.25 bits per heavy atom. The van der Waals surface area contributed by atoms with Crippen LogP contribution in [0.5, 0.6) is 5.75 Å². The van der Waals surface area contributed by atoms with Gasteiger partial charge in [-0.05, 0) is 55.7 Å². The largest absolute Gasteiger partial charge is 0.497 e. The number of aliphatic hydroxyl groups is 1. The molecule has 2 aromatic carbocycles. The van der Waals surface area contributed by atoms with Crippen LogP contribution in [0.4, 0.5) is 5.69 Å². The first-order valence-corrected chi connectivity index (χ1v) is 9.07. The molecule has 6 nitrogen and oxygen atoms in total. The lowest BCUT2D eigenvalue weighted by Gasteiger charge is -2.10. The summed E-state index contributed by atoms with van der Waals surface area (Å²) in [4.78, 5) is 24.7. The van der Waals surface area contributed by atoms with E-state index in [9.17, 15) is 14.7 Å². The van der Waals surface area contributed by atoms with E-state index in [2.05, 4.69) is 5.32 Å². The Kier molecular flexibility index (Phi) is 5.80. The molecule has 28 heavy (non-hydrogen) atoms. The number of rotatable bonds is 6. The monoisotopic (exact) mass is 381 g/mol. The van der Waals surface area contributed by atoms with Crippen molar-refractivity contribution in [1.29, 1.82) is 0 Å². The summed E-state index contributed by atoms with van der Waals surface area (Å²) in [6, 6.07) is 12.4. The maximum Gasteiger partial charge on any atom is 0.339 e. The van der Waals surface area contributed by atoms with Crippen molar-refractivity contribution in [2.75, 3.05) is 12.4 Å². The van der Waals surface area contributed by atoms with Crippen molar-refractivity contribution in [1.82, 2.24) is 0 Å². The molecule has 1 aromatic heterocycles. The highest BCUT2D eigenvalue weighted by Crippen LogP contribution is 2.24. The van der Waals surface area contributed by atoms with Gasteiger partial charge in [-0.15, -0.1) is 0 Å². The van der Waals surface area contributed by atoms with Crippen LogP contribution in [0.1, 0.15) is 36.1 Å². The van der Waals surface area contributed by atoms with E-state index >= 15 is 0 Å². The highest BCUT2D eigenvalue weighted by Gasteiger charge is 2.14. The number of hydrogen-bond acceptors (Lipinski definition) is 5. The van der Waals surface area contributed by atoms with Gasteiger partial charge in [-0.25, -0.2) is 4.79 Å². The third-order valence-corrected chi connectivity index (χ3v) is 4.75. The topological polar surface area (TPSA) is 88.8 Å². The van der Waals surface area contributed by atoms with Crippen LogP contribution in [-0.4, -0.2) is 18.1 Å². The molecule has 1 amide bonds. The highest BCUT2D eigenvalue weighted by atomic mass is 16.5. The molecule has 0 fully saturated rings. The Labute approximate surface area is 162 Å². The SMILES string of the molecule is COc1ccc2c(C)c(CCC(=O)Nc3cccc([C@@H](C)O)c3)c(=O)oc2c1. The molecule has 0 spiro atoms. The summed E-state index contributed by atoms with van der Waals surface area (Å²) in [6.45, 7) is 3.52. The number of nitrogens with one attached hydrogen (secondary N) is 1. The van der Waals surface area contributed by atoms with Gasteiger partial charge < -0.3 is 19.6 Å². The van der Waals surface area contributed by atoms with E-state index in [1.54, 1.807) is 50.4 Å². The second-order valence-corrected chi connectivity index (χ2v) is 6.70. The smallest absolute Gasteiger partial charge is 0.339 e. The van der Waals surface area contributed by atoms with Crippen molar-refractivity contribution in [2.24, 2.45) is 0 Å². The average Bonchev–Trinajstić information content (AvgIpc) is 2.67. The van der Waals surface area contributed by atoms with Crippen molar-refractivity contribution < 1.29 is 19.1 Å². The van der Waals surface area contributed by atoms with Gasteiger partial charge in [0.25, 0.3) is 0 Å². The summed E-state index contributed by atoms with van der Waals surface area (Å²) in [6.07, 6.45) is -0.190. The number of amides is 1. The van der Waals surface area contributed by atoms with Gasteiger partial charge in [-0.2, -0.15) is 0 Å². The lowest BCUT2D eigenvalue weighted by Crippen LogP contribution is -2.16. The van der Waals surface area contributed by atoms with Crippen LogP contribution < -0.4 is 15.7 Å². The quantitative estimate of drug-likeness (QED) is 0.635. The molecule has 6 heteroatoms. The second-order valence-electron chi connectivity index (χ2n) is 6.70. The van der Waals surface area contributed by atoms with Gasteiger partial charge in [0.2, 0.25) is 5.91 Å². The molecule has 0 bridgehead atoms. The van der Waals surface area contributed by atoms with E-state index in [-0.39, 0.29) is 18.7 Å². The third kappa shape index (κ3) is 4.23. The van der Waals surface area contributed by atoms with E-state index in [0.717, 1.165) is 16.5 Å². The predicted octanol–water partition coefficient (Wildman–Crippen LogP) is 3.73. The average molecular weight is 381 g/mol. The summed E-state index contributed by atoms with van der Waals surface area (Å²) in [5.41, 5.74) is 2.65. The van der Waals surface area contributed by atoms with Gasteiger partial charge in [-0.1, -0.05) is 12.1 Å². The fraction of sp³-hybridized carbons (Fsp3) is 0.273. The first-order valence-electron chi connectivity index (χ1n) is 9.07. The molecule has 1 atom stereocenters. The standard InChI is InChI=1S/C22H23NO5/c1-13-18-8-7-17(27-3)12-20(18)28-22(26)19(13)9-10-21(25)23-16-6-4-5-15(11-16)14(2)24/h4-8,11-12,14,24H,9-10H2,1-3H3,(H,23,25)/t14-/m1/s1. The van der Waals surface area contributed by atoms with E-state index in [0.29, 0.717) is 22.6 Å². The second kappa shape index (κ2) is 8.27. The number of ether oxygens (including phenoxy) is 1. The number of fused-ring (bicyclic) bond motifs is 1. The van der Waals surface area contributed by atoms with E-state index in [4.69, 9.17) is 9.15 Å². The Hall–Kier alpha value is -3.12. The van der Waals surface area contributed by atoms with Crippen LogP contribution in [-0.2, 0) is 11.2 Å². The molecule has 146 valence electrons. The van der Waals surface area contributed by atoms with Gasteiger partial charge in [0.1, 0.15) is 11.3 Å². The Morgan fingerprint density at radius 2 is 2.04 bits per heavy atom. The number of benzene rings is 2. The predicted molar refractivity (Wildman–Crippen MR) is 108 cm³/mol. The fourth-order valence-corrected chi connectivity index (χ4v) is 3.13. The molecule has 3 rings (SSSR count). The molecule has 0 saturated carbocycles. The maximum atomic E-state index is 12.4. The molecule has 0 aliphatic carbocycles. The minimum Gasteiger partial charge on any atom is -0.497 e. The highest BCUT2D eigenvalue weighted by molar-refractivity contribution is 5.91. The van der Waals surface area contributed by atoms with Crippen molar-refractivity contribution >= 4 is 22.6 Å². The number of carbonyl (C=O) groups excluding carboxylic acids is 1. The van der Waals surface area contributed by atoms with E-state index in [1.165, 1.54) is 0 Å². The zero-order valence-corrected chi connectivity index (χ0v) is 16.1. The summed E-state index contributed by atoms with van der Waals surface area (Å²) >= 11 is 0. The zero-order valence-electron chi connectivity index (χ0n) is 16.1. The maximum absolute atomic E-state index is 12.4. The van der Waals surface area contributed by atoms with Gasteiger partial charge in [-0.3, -0.25) is 4.79 Å². The molecule has 0 radical (unpaired) electrons. The van der Waals surface area contributed by atoms with Gasteiger partial charge in [0.05, 0.1) is 13.2 Å². The number of aryl methyl sites for hydroxylation is 1. The third-order valence-electron chi connectivity index (χ3n) is 4.75. The Bertz CT molecular complexity index is 1070. The molecule has 3 aromatic rings. The molecule has 1 heterocycles. The first-order chi connectivity index (χ1) is 13.4. The Morgan fingerprint density at radius 3 is 2.75 bits per heavy atom. The minimum atomic E-state index is -0.611. The minimum absolute atomic E-state index is 0.145. The molecule has 0 aliphatic heterocycles. The summed E-state index contributed by atoms with van der Waals surface area (Å²) in [5.74, 6) is 0.401. The van der Waals surface area contributed by atoms with Gasteiger partial charge in [0, 0.05) is 29.1 Å². The number of anilines is 1. The molecule has 0 aliphatic rings. The summed E-state index contributed by atoms with van der Waals surface area (Å²) in [7, 11) is 1.55. The van der Waals surface area contributed by atoms with Crippen molar-refractivity contribution in [2.45, 2.75) is 32.8 Å². The molecular formula is C22H23NO5. The van der Waals surface area contributed by atoms with Crippen molar-refractivity contribution in [3.8, 4) is 5.75 Å². The molecule has 0 saturated heterocycles. The lowest BCUT2D eigenvalue weighted by atomic mass is 10.0. The Balaban J connectivity index is 1.75. The molecular weight excluding hydrogens is 358 g/mol. The van der Waals surface area contributed by atoms with Crippen LogP contribution in [0.2, 0.25) is 0 Å². The van der Waals surface area contributed by atoms with Gasteiger partial charge in [0.15, 0.2) is 0 Å². The fourth-order valence-electron chi connectivity index (χ4n) is 3.13. The van der Waals surface area contributed by atoms with Crippen LogP contribution in [0.25, 0.3) is 11.0 Å². The van der Waals surface area contributed by atoms with Crippen LogP contribution in [0.3, 0.4) is 0 Å². The number of hydrogen-bond donors (Lipinski definition) is 2. The van der Waals surface area contributed by atoms with Crippen molar-refractivity contribution in [3.05, 3.63) is 69.6 Å². The van der Waals surface area contributed by atoms with Crippen LogP contribution in [0, 0.1) is 6.92 Å². The van der Waals surface area contributed by atoms with E-state index < -0.39 is 11.7 Å². The summed E-state index contributed by atoms with van der Waals surface area (Å²) in [5, 5.41) is 13.3. The van der Waals surface area contributed by atoms with Crippen LogP contribution in [0.15, 0.2) is 51.7 Å². The van der Waals surface area contributed by atoms with Gasteiger partial charge >= 0.3 is 5.63 Å².